The first-order valence-electron chi connectivity index (χ1n) is 6.75. The van der Waals surface area contributed by atoms with Crippen molar-refractivity contribution < 1.29 is 0 Å². The molecule has 0 fully saturated rings. The maximum atomic E-state index is 5.94. The van der Waals surface area contributed by atoms with Gasteiger partial charge in [0.25, 0.3) is 0 Å². The first-order chi connectivity index (χ1) is 11.1. The Labute approximate surface area is 148 Å². The Hall–Kier alpha value is -2.08. The van der Waals surface area contributed by atoms with Gasteiger partial charge in [-0.15, -0.1) is 0 Å². The summed E-state index contributed by atoms with van der Waals surface area (Å²) >= 11 is 17.1. The average Bonchev–Trinajstić information content (AvgIpc) is 2.96. The number of anilines is 2. The molecule has 3 N–H and O–H groups in total. The number of benzene rings is 2. The standard InChI is InChI=1S/C16H12Cl2N4S/c17-11-6-4-10(5-7-11)14-9-15(22-21-14)20-16(23)19-13-3-1-2-12(18)8-13/h1-9H,(H3,19,20,21,22,23). The monoisotopic (exact) mass is 362 g/mol. The molecule has 0 bridgehead atoms. The number of hydrogen-bond acceptors (Lipinski definition) is 2. The molecule has 1 heterocycles. The fourth-order valence-corrected chi connectivity index (χ4v) is 2.55. The fraction of sp³-hybridized carbons (Fsp3) is 0. The third-order valence-electron chi connectivity index (χ3n) is 3.06. The largest absolute Gasteiger partial charge is 0.332 e. The molecular weight excluding hydrogens is 351 g/mol. The molecule has 3 rings (SSSR count). The molecule has 4 nitrogen and oxygen atoms in total. The van der Waals surface area contributed by atoms with Gasteiger partial charge in [-0.25, -0.2) is 0 Å². The van der Waals surface area contributed by atoms with Gasteiger partial charge in [-0.05, 0) is 48.1 Å². The molecule has 0 atom stereocenters. The molecule has 7 heteroatoms. The van der Waals surface area contributed by atoms with Crippen LogP contribution in [-0.2, 0) is 0 Å². The normalized spacial score (nSPS) is 10.3. The van der Waals surface area contributed by atoms with Crippen LogP contribution < -0.4 is 10.6 Å². The maximum Gasteiger partial charge on any atom is 0.176 e. The van der Waals surface area contributed by atoms with Crippen molar-refractivity contribution in [3.63, 3.8) is 0 Å². The lowest BCUT2D eigenvalue weighted by molar-refractivity contribution is 1.10. The first-order valence-corrected chi connectivity index (χ1v) is 7.91. The van der Waals surface area contributed by atoms with Crippen LogP contribution in [0.25, 0.3) is 11.3 Å². The Morgan fingerprint density at radius 2 is 1.74 bits per heavy atom. The zero-order valence-corrected chi connectivity index (χ0v) is 14.1. The molecule has 0 saturated carbocycles. The number of H-pyrrole nitrogens is 1. The molecule has 116 valence electrons. The van der Waals surface area contributed by atoms with Crippen LogP contribution in [0.15, 0.2) is 54.6 Å². The van der Waals surface area contributed by atoms with E-state index in [-0.39, 0.29) is 0 Å². The second-order valence-electron chi connectivity index (χ2n) is 4.76. The van der Waals surface area contributed by atoms with E-state index in [4.69, 9.17) is 35.4 Å². The summed E-state index contributed by atoms with van der Waals surface area (Å²) in [4.78, 5) is 0. The molecule has 0 unspecified atom stereocenters. The number of hydrogen-bond donors (Lipinski definition) is 3. The Morgan fingerprint density at radius 1 is 0.957 bits per heavy atom. The van der Waals surface area contributed by atoms with Crippen molar-refractivity contribution in [2.75, 3.05) is 10.6 Å². The molecule has 0 saturated heterocycles. The molecular formula is C16H12Cl2N4S. The van der Waals surface area contributed by atoms with E-state index in [1.54, 1.807) is 12.1 Å². The minimum Gasteiger partial charge on any atom is -0.332 e. The second kappa shape index (κ2) is 7.00. The molecule has 0 aliphatic rings. The van der Waals surface area contributed by atoms with Gasteiger partial charge in [-0.2, -0.15) is 5.10 Å². The van der Waals surface area contributed by atoms with E-state index in [0.717, 1.165) is 16.9 Å². The Kier molecular flexibility index (Phi) is 4.81. The van der Waals surface area contributed by atoms with Crippen LogP contribution in [0.5, 0.6) is 0 Å². The van der Waals surface area contributed by atoms with E-state index in [1.165, 1.54) is 0 Å². The van der Waals surface area contributed by atoms with E-state index < -0.39 is 0 Å². The SMILES string of the molecule is S=C(Nc1cccc(Cl)c1)Nc1cc(-c2ccc(Cl)cc2)[nH]n1. The van der Waals surface area contributed by atoms with Crippen LogP contribution in [0.4, 0.5) is 11.5 Å². The number of nitrogens with one attached hydrogen (secondary N) is 3. The van der Waals surface area contributed by atoms with Gasteiger partial charge in [0.15, 0.2) is 10.9 Å². The summed E-state index contributed by atoms with van der Waals surface area (Å²) in [6.45, 7) is 0. The van der Waals surface area contributed by atoms with Crippen molar-refractivity contribution in [3.8, 4) is 11.3 Å². The number of halogens is 2. The van der Waals surface area contributed by atoms with E-state index >= 15 is 0 Å². The fourth-order valence-electron chi connectivity index (χ4n) is 2.01. The minimum absolute atomic E-state index is 0.432. The van der Waals surface area contributed by atoms with E-state index in [0.29, 0.717) is 21.0 Å². The summed E-state index contributed by atoms with van der Waals surface area (Å²) in [5.74, 6) is 0.620. The second-order valence-corrected chi connectivity index (χ2v) is 6.04. The maximum absolute atomic E-state index is 5.94. The van der Waals surface area contributed by atoms with Crippen LogP contribution in [0.3, 0.4) is 0 Å². The smallest absolute Gasteiger partial charge is 0.176 e. The number of nitrogens with zero attached hydrogens (tertiary/aromatic N) is 1. The van der Waals surface area contributed by atoms with E-state index in [2.05, 4.69) is 20.8 Å². The summed E-state index contributed by atoms with van der Waals surface area (Å²) in [5, 5.41) is 15.0. The van der Waals surface area contributed by atoms with Gasteiger partial charge in [-0.3, -0.25) is 5.10 Å². The zero-order chi connectivity index (χ0) is 16.2. The van der Waals surface area contributed by atoms with Gasteiger partial charge >= 0.3 is 0 Å². The van der Waals surface area contributed by atoms with Gasteiger partial charge in [0.1, 0.15) is 0 Å². The van der Waals surface area contributed by atoms with E-state index in [1.807, 2.05) is 42.5 Å². The van der Waals surface area contributed by atoms with Gasteiger partial charge in [0.2, 0.25) is 0 Å². The van der Waals surface area contributed by atoms with Gasteiger partial charge in [0, 0.05) is 21.8 Å². The third kappa shape index (κ3) is 4.22. The highest BCUT2D eigenvalue weighted by Crippen LogP contribution is 2.22. The summed E-state index contributed by atoms with van der Waals surface area (Å²) in [6.07, 6.45) is 0. The van der Waals surface area contributed by atoms with E-state index in [9.17, 15) is 0 Å². The predicted molar refractivity (Wildman–Crippen MR) is 100 cm³/mol. The predicted octanol–water partition coefficient (Wildman–Crippen LogP) is 5.19. The van der Waals surface area contributed by atoms with Crippen LogP contribution in [0, 0.1) is 0 Å². The van der Waals surface area contributed by atoms with Crippen LogP contribution in [0.2, 0.25) is 10.0 Å². The molecule has 0 aliphatic heterocycles. The molecule has 2 aromatic carbocycles. The van der Waals surface area contributed by atoms with Crippen molar-refractivity contribution in [1.82, 2.24) is 10.2 Å². The summed E-state index contributed by atoms with van der Waals surface area (Å²) in [7, 11) is 0. The van der Waals surface area contributed by atoms with Gasteiger partial charge in [0.05, 0.1) is 5.69 Å². The number of aromatic amines is 1. The van der Waals surface area contributed by atoms with Crippen molar-refractivity contribution in [1.29, 1.82) is 0 Å². The lowest BCUT2D eigenvalue weighted by atomic mass is 10.1. The summed E-state index contributed by atoms with van der Waals surface area (Å²) in [6, 6.07) is 16.7. The number of aromatic nitrogens is 2. The number of rotatable bonds is 3. The number of thiocarbonyl (C=S) groups is 1. The van der Waals surface area contributed by atoms with Crippen LogP contribution in [-0.4, -0.2) is 15.3 Å². The average molecular weight is 363 g/mol. The molecule has 0 aliphatic carbocycles. The van der Waals surface area contributed by atoms with Crippen molar-refractivity contribution >= 4 is 52.0 Å². The molecule has 0 amide bonds. The highest BCUT2D eigenvalue weighted by molar-refractivity contribution is 7.80. The zero-order valence-electron chi connectivity index (χ0n) is 11.8. The van der Waals surface area contributed by atoms with Crippen molar-refractivity contribution in [3.05, 3.63) is 64.6 Å². The highest BCUT2D eigenvalue weighted by atomic mass is 35.5. The van der Waals surface area contributed by atoms with Crippen molar-refractivity contribution in [2.45, 2.75) is 0 Å². The van der Waals surface area contributed by atoms with Gasteiger partial charge < -0.3 is 10.6 Å². The summed E-state index contributed by atoms with van der Waals surface area (Å²) in [5.41, 5.74) is 2.67. The quantitative estimate of drug-likeness (QED) is 0.561. The molecule has 0 radical (unpaired) electrons. The molecule has 0 spiro atoms. The third-order valence-corrected chi connectivity index (χ3v) is 3.75. The van der Waals surface area contributed by atoms with Gasteiger partial charge in [-0.1, -0.05) is 41.4 Å². The van der Waals surface area contributed by atoms with Crippen LogP contribution in [0.1, 0.15) is 0 Å². The Morgan fingerprint density at radius 3 is 2.48 bits per heavy atom. The first kappa shape index (κ1) is 15.8. The minimum atomic E-state index is 0.432. The Balaban J connectivity index is 1.66. The van der Waals surface area contributed by atoms with Crippen molar-refractivity contribution in [2.24, 2.45) is 0 Å². The molecule has 1 aromatic heterocycles. The lowest BCUT2D eigenvalue weighted by Crippen LogP contribution is -2.19. The summed E-state index contributed by atoms with van der Waals surface area (Å²) < 4.78 is 0. The highest BCUT2D eigenvalue weighted by Gasteiger charge is 2.06. The Bertz CT molecular complexity index is 830. The van der Waals surface area contributed by atoms with Crippen LogP contribution >= 0.6 is 35.4 Å². The lowest BCUT2D eigenvalue weighted by Gasteiger charge is -2.08. The molecule has 3 aromatic rings. The molecule has 23 heavy (non-hydrogen) atoms. The topological polar surface area (TPSA) is 52.7 Å².